The topological polar surface area (TPSA) is 12.0 Å². The fourth-order valence-corrected chi connectivity index (χ4v) is 2.16. The summed E-state index contributed by atoms with van der Waals surface area (Å²) in [5.74, 6) is 0. The van der Waals surface area contributed by atoms with Crippen LogP contribution in [0.25, 0.3) is 10.8 Å². The lowest BCUT2D eigenvalue weighted by molar-refractivity contribution is 0.919. The summed E-state index contributed by atoms with van der Waals surface area (Å²) in [5, 5.41) is 6.21. The third kappa shape index (κ3) is 0.816. The molecule has 1 heterocycles. The molecule has 0 aromatic heterocycles. The molecule has 2 aromatic rings. The van der Waals surface area contributed by atoms with Gasteiger partial charge in [-0.25, -0.2) is 0 Å². The maximum absolute atomic E-state index is 3.47. The van der Waals surface area contributed by atoms with Gasteiger partial charge < -0.3 is 5.32 Å². The number of hydrogen-bond acceptors (Lipinski definition) is 1. The monoisotopic (exact) mass is 169 g/mol. The van der Waals surface area contributed by atoms with Crippen LogP contribution < -0.4 is 5.32 Å². The molecule has 0 aliphatic carbocycles. The van der Waals surface area contributed by atoms with Crippen LogP contribution in [0.5, 0.6) is 0 Å². The Labute approximate surface area is 77.4 Å². The maximum atomic E-state index is 3.47. The SMILES string of the molecule is CC1Nc2cccc3cccc1c23. The zero-order valence-corrected chi connectivity index (χ0v) is 7.54. The largest absolute Gasteiger partial charge is 0.378 e. The highest BCUT2D eigenvalue weighted by atomic mass is 14.9. The van der Waals surface area contributed by atoms with Crippen molar-refractivity contribution >= 4 is 16.5 Å². The highest BCUT2D eigenvalue weighted by Crippen LogP contribution is 2.38. The Morgan fingerprint density at radius 2 is 1.85 bits per heavy atom. The highest BCUT2D eigenvalue weighted by Gasteiger charge is 2.18. The lowest BCUT2D eigenvalue weighted by Crippen LogP contribution is -1.97. The molecule has 64 valence electrons. The van der Waals surface area contributed by atoms with Crippen molar-refractivity contribution in [1.82, 2.24) is 0 Å². The zero-order chi connectivity index (χ0) is 8.84. The fourth-order valence-electron chi connectivity index (χ4n) is 2.16. The third-order valence-corrected chi connectivity index (χ3v) is 2.78. The summed E-state index contributed by atoms with van der Waals surface area (Å²) in [7, 11) is 0. The van der Waals surface area contributed by atoms with Gasteiger partial charge in [-0.3, -0.25) is 0 Å². The Morgan fingerprint density at radius 3 is 2.69 bits per heavy atom. The minimum absolute atomic E-state index is 0.459. The van der Waals surface area contributed by atoms with Gasteiger partial charge in [-0.15, -0.1) is 0 Å². The van der Waals surface area contributed by atoms with E-state index >= 15 is 0 Å². The van der Waals surface area contributed by atoms with E-state index in [1.807, 2.05) is 0 Å². The summed E-state index contributed by atoms with van der Waals surface area (Å²) < 4.78 is 0. The molecule has 1 heteroatoms. The number of rotatable bonds is 0. The Hall–Kier alpha value is -1.50. The first-order valence-corrected chi connectivity index (χ1v) is 4.64. The molecule has 0 amide bonds. The van der Waals surface area contributed by atoms with E-state index in [0.29, 0.717) is 6.04 Å². The molecule has 1 aliphatic rings. The van der Waals surface area contributed by atoms with Crippen molar-refractivity contribution in [2.75, 3.05) is 5.32 Å². The van der Waals surface area contributed by atoms with Crippen molar-refractivity contribution in [1.29, 1.82) is 0 Å². The number of hydrogen-bond donors (Lipinski definition) is 1. The van der Waals surface area contributed by atoms with E-state index in [0.717, 1.165) is 0 Å². The van der Waals surface area contributed by atoms with E-state index in [4.69, 9.17) is 0 Å². The molecule has 0 fully saturated rings. The van der Waals surface area contributed by atoms with E-state index in [-0.39, 0.29) is 0 Å². The van der Waals surface area contributed by atoms with Gasteiger partial charge in [0.05, 0.1) is 0 Å². The van der Waals surface area contributed by atoms with Gasteiger partial charge in [-0.05, 0) is 23.9 Å². The normalized spacial score (nSPS) is 19.0. The number of benzene rings is 2. The van der Waals surface area contributed by atoms with Gasteiger partial charge >= 0.3 is 0 Å². The van der Waals surface area contributed by atoms with E-state index in [2.05, 4.69) is 48.6 Å². The van der Waals surface area contributed by atoms with Gasteiger partial charge in [0.25, 0.3) is 0 Å². The van der Waals surface area contributed by atoms with Crippen LogP contribution in [0.3, 0.4) is 0 Å². The molecule has 1 unspecified atom stereocenters. The van der Waals surface area contributed by atoms with Gasteiger partial charge in [0, 0.05) is 17.1 Å². The van der Waals surface area contributed by atoms with Crippen LogP contribution in [0.2, 0.25) is 0 Å². The van der Waals surface area contributed by atoms with E-state index in [1.54, 1.807) is 0 Å². The molecule has 0 radical (unpaired) electrons. The van der Waals surface area contributed by atoms with Crippen molar-refractivity contribution in [3.8, 4) is 0 Å². The molecular weight excluding hydrogens is 158 g/mol. The quantitative estimate of drug-likeness (QED) is 0.637. The second kappa shape index (κ2) is 2.25. The molecule has 1 nitrogen and oxygen atoms in total. The Kier molecular flexibility index (Phi) is 1.21. The fraction of sp³-hybridized carbons (Fsp3) is 0.167. The van der Waals surface area contributed by atoms with Crippen molar-refractivity contribution in [2.24, 2.45) is 0 Å². The first-order chi connectivity index (χ1) is 6.36. The summed E-state index contributed by atoms with van der Waals surface area (Å²) in [5.41, 5.74) is 2.70. The van der Waals surface area contributed by atoms with Crippen LogP contribution in [-0.2, 0) is 0 Å². The van der Waals surface area contributed by atoms with Crippen molar-refractivity contribution < 1.29 is 0 Å². The molecule has 13 heavy (non-hydrogen) atoms. The summed E-state index contributed by atoms with van der Waals surface area (Å²) in [6, 6.07) is 13.4. The molecule has 1 aliphatic heterocycles. The molecule has 1 N–H and O–H groups in total. The Morgan fingerprint density at radius 1 is 1.08 bits per heavy atom. The third-order valence-electron chi connectivity index (χ3n) is 2.78. The van der Waals surface area contributed by atoms with Crippen molar-refractivity contribution in [3.63, 3.8) is 0 Å². The van der Waals surface area contributed by atoms with E-state index < -0.39 is 0 Å². The smallest absolute Gasteiger partial charge is 0.0492 e. The average molecular weight is 169 g/mol. The number of anilines is 1. The van der Waals surface area contributed by atoms with Crippen LogP contribution in [0.4, 0.5) is 5.69 Å². The summed E-state index contributed by atoms with van der Waals surface area (Å²) in [6.07, 6.45) is 0. The predicted octanol–water partition coefficient (Wildman–Crippen LogP) is 3.33. The molecule has 0 saturated carbocycles. The summed E-state index contributed by atoms with van der Waals surface area (Å²) in [4.78, 5) is 0. The van der Waals surface area contributed by atoms with Crippen LogP contribution in [-0.4, -0.2) is 0 Å². The van der Waals surface area contributed by atoms with Crippen LogP contribution in [0.15, 0.2) is 36.4 Å². The molecule has 1 atom stereocenters. The minimum atomic E-state index is 0.459. The van der Waals surface area contributed by atoms with Crippen molar-refractivity contribution in [3.05, 3.63) is 42.0 Å². The molecule has 3 rings (SSSR count). The molecule has 0 spiro atoms. The standard InChI is InChI=1S/C12H11N/c1-8-10-6-2-4-9-5-3-7-11(13-8)12(9)10/h2-8,13H,1H3. The van der Waals surface area contributed by atoms with Crippen LogP contribution >= 0.6 is 0 Å². The van der Waals surface area contributed by atoms with Crippen LogP contribution in [0.1, 0.15) is 18.5 Å². The van der Waals surface area contributed by atoms with Gasteiger partial charge in [-0.1, -0.05) is 30.3 Å². The van der Waals surface area contributed by atoms with Gasteiger partial charge in [-0.2, -0.15) is 0 Å². The molecular formula is C12H11N. The van der Waals surface area contributed by atoms with Crippen LogP contribution in [0, 0.1) is 0 Å². The Bertz CT molecular complexity index is 468. The lowest BCUT2D eigenvalue weighted by Gasteiger charge is -2.03. The predicted molar refractivity (Wildman–Crippen MR) is 56.0 cm³/mol. The highest BCUT2D eigenvalue weighted by molar-refractivity contribution is 5.99. The summed E-state index contributed by atoms with van der Waals surface area (Å²) >= 11 is 0. The molecule has 0 bridgehead atoms. The zero-order valence-electron chi connectivity index (χ0n) is 7.54. The first-order valence-electron chi connectivity index (χ1n) is 4.64. The second-order valence-electron chi connectivity index (χ2n) is 3.62. The van der Waals surface area contributed by atoms with Crippen molar-refractivity contribution in [2.45, 2.75) is 13.0 Å². The van der Waals surface area contributed by atoms with E-state index in [9.17, 15) is 0 Å². The van der Waals surface area contributed by atoms with Gasteiger partial charge in [0.2, 0.25) is 0 Å². The van der Waals surface area contributed by atoms with E-state index in [1.165, 1.54) is 22.0 Å². The second-order valence-corrected chi connectivity index (χ2v) is 3.62. The average Bonchev–Trinajstić information content (AvgIpc) is 2.47. The number of nitrogens with one attached hydrogen (secondary N) is 1. The van der Waals surface area contributed by atoms with Gasteiger partial charge in [0.15, 0.2) is 0 Å². The lowest BCUT2D eigenvalue weighted by atomic mass is 10.0. The van der Waals surface area contributed by atoms with Gasteiger partial charge in [0.1, 0.15) is 0 Å². The minimum Gasteiger partial charge on any atom is -0.378 e. The molecule has 0 saturated heterocycles. The Balaban J connectivity index is 2.51. The first kappa shape index (κ1) is 6.96. The maximum Gasteiger partial charge on any atom is 0.0492 e. The molecule has 2 aromatic carbocycles. The summed E-state index contributed by atoms with van der Waals surface area (Å²) in [6.45, 7) is 2.20.